The highest BCUT2D eigenvalue weighted by molar-refractivity contribution is 6.07. The van der Waals surface area contributed by atoms with Gasteiger partial charge in [0.1, 0.15) is 17.0 Å². The quantitative estimate of drug-likeness (QED) is 0.597. The van der Waals surface area contributed by atoms with Crippen LogP contribution in [0.2, 0.25) is 0 Å². The second kappa shape index (κ2) is 7.91. The Balaban J connectivity index is 1.56. The minimum Gasteiger partial charge on any atom is -0.496 e. The molecular formula is C24H25N3O4. The van der Waals surface area contributed by atoms with Gasteiger partial charge in [0.25, 0.3) is 5.91 Å². The predicted molar refractivity (Wildman–Crippen MR) is 115 cm³/mol. The molecular weight excluding hydrogens is 394 g/mol. The minimum absolute atomic E-state index is 0.00746. The molecule has 0 radical (unpaired) electrons. The van der Waals surface area contributed by atoms with Gasteiger partial charge in [0, 0.05) is 11.6 Å². The number of benzene rings is 2. The standard InChI is InChI=1S/C24H25N3O4/c1-15(2)16-9-11-17(12-10-16)24(3)22(28)27(23(29)25-24)14-18-13-20(26-31-18)19-7-5-6-8-21(19)30-4/h5-13,15H,14H2,1-4H3,(H,25,29). The van der Waals surface area contributed by atoms with Crippen LogP contribution in [0, 0.1) is 0 Å². The maximum absolute atomic E-state index is 13.2. The van der Waals surface area contributed by atoms with E-state index in [-0.39, 0.29) is 12.5 Å². The van der Waals surface area contributed by atoms with Crippen molar-refractivity contribution < 1.29 is 18.8 Å². The Bertz CT molecular complexity index is 1120. The van der Waals surface area contributed by atoms with Crippen LogP contribution in [-0.4, -0.2) is 29.1 Å². The van der Waals surface area contributed by atoms with Crippen molar-refractivity contribution >= 4 is 11.9 Å². The Hall–Kier alpha value is -3.61. The first kappa shape index (κ1) is 20.7. The lowest BCUT2D eigenvalue weighted by Gasteiger charge is -2.22. The molecule has 1 aromatic heterocycles. The number of amides is 3. The van der Waals surface area contributed by atoms with Gasteiger partial charge in [-0.05, 0) is 36.1 Å². The molecule has 2 aromatic carbocycles. The molecule has 7 nitrogen and oxygen atoms in total. The Labute approximate surface area is 181 Å². The Kier molecular flexibility index (Phi) is 5.27. The summed E-state index contributed by atoms with van der Waals surface area (Å²) < 4.78 is 10.8. The van der Waals surface area contributed by atoms with E-state index in [1.165, 1.54) is 5.56 Å². The van der Waals surface area contributed by atoms with Gasteiger partial charge in [-0.25, -0.2) is 4.79 Å². The average Bonchev–Trinajstić information content (AvgIpc) is 3.33. The summed E-state index contributed by atoms with van der Waals surface area (Å²) in [7, 11) is 1.58. The third kappa shape index (κ3) is 3.67. The van der Waals surface area contributed by atoms with E-state index in [4.69, 9.17) is 9.26 Å². The van der Waals surface area contributed by atoms with Gasteiger partial charge in [-0.15, -0.1) is 0 Å². The number of nitrogens with one attached hydrogen (secondary N) is 1. The molecule has 1 aliphatic heterocycles. The summed E-state index contributed by atoms with van der Waals surface area (Å²) in [4.78, 5) is 27.0. The third-order valence-electron chi connectivity index (χ3n) is 5.69. The van der Waals surface area contributed by atoms with Gasteiger partial charge in [-0.2, -0.15) is 0 Å². The molecule has 3 aromatic rings. The van der Waals surface area contributed by atoms with Crippen molar-refractivity contribution in [2.75, 3.05) is 7.11 Å². The second-order valence-corrected chi connectivity index (χ2v) is 8.10. The monoisotopic (exact) mass is 419 g/mol. The maximum atomic E-state index is 13.2. The molecule has 0 bridgehead atoms. The minimum atomic E-state index is -1.13. The highest BCUT2D eigenvalue weighted by atomic mass is 16.5. The number of imide groups is 1. The second-order valence-electron chi connectivity index (χ2n) is 8.10. The summed E-state index contributed by atoms with van der Waals surface area (Å²) in [5.74, 6) is 1.12. The van der Waals surface area contributed by atoms with Crippen LogP contribution >= 0.6 is 0 Å². The zero-order valence-corrected chi connectivity index (χ0v) is 18.0. The lowest BCUT2D eigenvalue weighted by atomic mass is 9.90. The molecule has 0 aliphatic carbocycles. The molecule has 3 amide bonds. The molecule has 31 heavy (non-hydrogen) atoms. The summed E-state index contributed by atoms with van der Waals surface area (Å²) in [5, 5.41) is 6.91. The fourth-order valence-electron chi connectivity index (χ4n) is 3.76. The van der Waals surface area contributed by atoms with Crippen LogP contribution < -0.4 is 10.1 Å². The van der Waals surface area contributed by atoms with Crippen molar-refractivity contribution in [1.82, 2.24) is 15.4 Å². The third-order valence-corrected chi connectivity index (χ3v) is 5.69. The molecule has 2 heterocycles. The number of rotatable bonds is 6. The van der Waals surface area contributed by atoms with Gasteiger partial charge in [0.2, 0.25) is 0 Å². The van der Waals surface area contributed by atoms with E-state index in [2.05, 4.69) is 24.3 Å². The first-order valence-electron chi connectivity index (χ1n) is 10.2. The SMILES string of the molecule is COc1ccccc1-c1cc(CN2C(=O)NC(C)(c3ccc(C(C)C)cc3)C2=O)on1. The lowest BCUT2D eigenvalue weighted by molar-refractivity contribution is -0.131. The van der Waals surface area contributed by atoms with Crippen molar-refractivity contribution in [1.29, 1.82) is 0 Å². The zero-order valence-electron chi connectivity index (χ0n) is 18.0. The molecule has 0 spiro atoms. The number of aromatic nitrogens is 1. The van der Waals surface area contributed by atoms with Crippen molar-refractivity contribution in [3.63, 3.8) is 0 Å². The van der Waals surface area contributed by atoms with Crippen LogP contribution in [0.5, 0.6) is 5.75 Å². The molecule has 1 unspecified atom stereocenters. The van der Waals surface area contributed by atoms with E-state index in [1.807, 2.05) is 48.5 Å². The normalized spacial score (nSPS) is 18.5. The highest BCUT2D eigenvalue weighted by Crippen LogP contribution is 2.32. The number of ether oxygens (including phenoxy) is 1. The molecule has 1 fully saturated rings. The number of nitrogens with zero attached hydrogens (tertiary/aromatic N) is 2. The number of hydrogen-bond donors (Lipinski definition) is 1. The molecule has 160 valence electrons. The summed E-state index contributed by atoms with van der Waals surface area (Å²) in [6.45, 7) is 5.93. The van der Waals surface area contributed by atoms with Crippen LogP contribution in [0.15, 0.2) is 59.1 Å². The summed E-state index contributed by atoms with van der Waals surface area (Å²) in [6, 6.07) is 16.5. The maximum Gasteiger partial charge on any atom is 0.325 e. The van der Waals surface area contributed by atoms with Gasteiger partial charge in [0.05, 0.1) is 13.7 Å². The summed E-state index contributed by atoms with van der Waals surface area (Å²) >= 11 is 0. The molecule has 1 N–H and O–H groups in total. The summed E-state index contributed by atoms with van der Waals surface area (Å²) in [6.07, 6.45) is 0. The molecule has 1 atom stereocenters. The zero-order chi connectivity index (χ0) is 22.2. The van der Waals surface area contributed by atoms with Crippen LogP contribution in [0.4, 0.5) is 4.79 Å². The van der Waals surface area contributed by atoms with E-state index >= 15 is 0 Å². The Morgan fingerprint density at radius 3 is 2.52 bits per heavy atom. The summed E-state index contributed by atoms with van der Waals surface area (Å²) in [5.41, 5.74) is 2.13. The van der Waals surface area contributed by atoms with Gasteiger partial charge in [-0.3, -0.25) is 9.69 Å². The number of urea groups is 1. The van der Waals surface area contributed by atoms with E-state index in [0.717, 1.165) is 16.0 Å². The average molecular weight is 419 g/mol. The number of hydrogen-bond acceptors (Lipinski definition) is 5. The van der Waals surface area contributed by atoms with Crippen molar-refractivity contribution in [2.45, 2.75) is 38.8 Å². The fourth-order valence-corrected chi connectivity index (χ4v) is 3.76. The largest absolute Gasteiger partial charge is 0.496 e. The first-order chi connectivity index (χ1) is 14.8. The fraction of sp³-hybridized carbons (Fsp3) is 0.292. The van der Waals surface area contributed by atoms with Crippen LogP contribution in [-0.2, 0) is 16.9 Å². The van der Waals surface area contributed by atoms with E-state index in [1.54, 1.807) is 20.1 Å². The number of carbonyl (C=O) groups is 2. The van der Waals surface area contributed by atoms with E-state index in [0.29, 0.717) is 23.1 Å². The van der Waals surface area contributed by atoms with Gasteiger partial charge >= 0.3 is 6.03 Å². The smallest absolute Gasteiger partial charge is 0.325 e. The van der Waals surface area contributed by atoms with Crippen LogP contribution in [0.1, 0.15) is 43.6 Å². The number of para-hydroxylation sites is 1. The molecule has 1 aliphatic rings. The topological polar surface area (TPSA) is 84.7 Å². The van der Waals surface area contributed by atoms with Crippen LogP contribution in [0.25, 0.3) is 11.3 Å². The first-order valence-corrected chi connectivity index (χ1v) is 10.2. The lowest BCUT2D eigenvalue weighted by Crippen LogP contribution is -2.40. The van der Waals surface area contributed by atoms with Gasteiger partial charge in [0.15, 0.2) is 5.76 Å². The predicted octanol–water partition coefficient (Wildman–Crippen LogP) is 4.44. The molecule has 1 saturated heterocycles. The van der Waals surface area contributed by atoms with Crippen molar-refractivity contribution in [3.8, 4) is 17.0 Å². The van der Waals surface area contributed by atoms with E-state index in [9.17, 15) is 9.59 Å². The Morgan fingerprint density at radius 1 is 1.13 bits per heavy atom. The molecule has 0 saturated carbocycles. The molecule has 7 heteroatoms. The molecule has 4 rings (SSSR count). The number of methoxy groups -OCH3 is 1. The Morgan fingerprint density at radius 2 is 1.84 bits per heavy atom. The van der Waals surface area contributed by atoms with E-state index < -0.39 is 11.6 Å². The number of carbonyl (C=O) groups excluding carboxylic acids is 2. The van der Waals surface area contributed by atoms with Crippen molar-refractivity contribution in [3.05, 3.63) is 71.5 Å². The van der Waals surface area contributed by atoms with Crippen molar-refractivity contribution in [2.24, 2.45) is 0 Å². The van der Waals surface area contributed by atoms with Gasteiger partial charge < -0.3 is 14.6 Å². The highest BCUT2D eigenvalue weighted by Gasteiger charge is 2.49. The van der Waals surface area contributed by atoms with Crippen LogP contribution in [0.3, 0.4) is 0 Å². The van der Waals surface area contributed by atoms with Gasteiger partial charge in [-0.1, -0.05) is 55.4 Å².